The molecule has 0 aromatic heterocycles. The largest absolute Gasteiger partial charge is 0.496 e. The van der Waals surface area contributed by atoms with Gasteiger partial charge in [0.25, 0.3) is 0 Å². The Labute approximate surface area is 115 Å². The van der Waals surface area contributed by atoms with Gasteiger partial charge < -0.3 is 10.1 Å². The molecule has 2 rings (SSSR count). The van der Waals surface area contributed by atoms with Crippen LogP contribution in [0.4, 0.5) is 5.69 Å². The maximum Gasteiger partial charge on any atom is 0.152 e. The van der Waals surface area contributed by atoms with E-state index < -0.39 is 9.84 Å². The van der Waals surface area contributed by atoms with E-state index in [2.05, 4.69) is 5.32 Å². The van der Waals surface area contributed by atoms with E-state index in [1.54, 1.807) is 7.11 Å². The molecule has 0 radical (unpaired) electrons. The first kappa shape index (κ1) is 14.2. The van der Waals surface area contributed by atoms with Crippen molar-refractivity contribution in [2.75, 3.05) is 18.7 Å². The second-order valence-electron chi connectivity index (χ2n) is 5.23. The molecule has 106 valence electrons. The average molecular weight is 283 g/mol. The van der Waals surface area contributed by atoms with Crippen molar-refractivity contribution in [1.29, 1.82) is 0 Å². The summed E-state index contributed by atoms with van der Waals surface area (Å²) in [5, 5.41) is 3.09. The summed E-state index contributed by atoms with van der Waals surface area (Å²) in [5.74, 6) is 0.844. The van der Waals surface area contributed by atoms with Crippen LogP contribution in [0.5, 0.6) is 5.75 Å². The number of nitrogens with one attached hydrogen (secondary N) is 1. The first-order valence-corrected chi connectivity index (χ1v) is 8.47. The van der Waals surface area contributed by atoms with E-state index in [1.807, 2.05) is 25.1 Å². The van der Waals surface area contributed by atoms with E-state index in [9.17, 15) is 8.42 Å². The first-order valence-electron chi connectivity index (χ1n) is 6.52. The van der Waals surface area contributed by atoms with Crippen molar-refractivity contribution in [3.05, 3.63) is 23.8 Å². The smallest absolute Gasteiger partial charge is 0.152 e. The maximum atomic E-state index is 11.7. The molecule has 0 amide bonds. The molecule has 2 unspecified atom stereocenters. The average Bonchev–Trinajstić information content (AvgIpc) is 2.77. The Morgan fingerprint density at radius 2 is 2.05 bits per heavy atom. The van der Waals surface area contributed by atoms with Gasteiger partial charge in [-0.15, -0.1) is 0 Å². The third-order valence-corrected chi connectivity index (χ3v) is 5.41. The molecule has 1 N–H and O–H groups in total. The van der Waals surface area contributed by atoms with Crippen molar-refractivity contribution in [3.63, 3.8) is 0 Å². The Morgan fingerprint density at radius 1 is 1.32 bits per heavy atom. The van der Waals surface area contributed by atoms with E-state index in [-0.39, 0.29) is 11.3 Å². The lowest BCUT2D eigenvalue weighted by Crippen LogP contribution is -2.34. The summed E-state index contributed by atoms with van der Waals surface area (Å²) in [5.41, 5.74) is 2.00. The lowest BCUT2D eigenvalue weighted by Gasteiger charge is -2.21. The summed E-state index contributed by atoms with van der Waals surface area (Å²) >= 11 is 0. The third kappa shape index (κ3) is 3.21. The first-order chi connectivity index (χ1) is 8.91. The number of sulfone groups is 1. The molecule has 0 bridgehead atoms. The zero-order valence-electron chi connectivity index (χ0n) is 11.6. The number of aryl methyl sites for hydroxylation is 1. The molecule has 1 aliphatic rings. The van der Waals surface area contributed by atoms with Gasteiger partial charge in [-0.3, -0.25) is 0 Å². The minimum atomic E-state index is -2.98. The van der Waals surface area contributed by atoms with E-state index in [4.69, 9.17) is 4.74 Å². The van der Waals surface area contributed by atoms with Crippen molar-refractivity contribution < 1.29 is 13.2 Å². The van der Waals surface area contributed by atoms with Gasteiger partial charge in [-0.05, 0) is 49.9 Å². The summed E-state index contributed by atoms with van der Waals surface area (Å²) in [7, 11) is -1.34. The molecule has 4 nitrogen and oxygen atoms in total. The highest BCUT2D eigenvalue weighted by atomic mass is 32.2. The van der Waals surface area contributed by atoms with Gasteiger partial charge in [0.1, 0.15) is 5.75 Å². The van der Waals surface area contributed by atoms with Crippen molar-refractivity contribution in [2.45, 2.75) is 37.5 Å². The molecule has 0 aliphatic heterocycles. The molecule has 2 atom stereocenters. The van der Waals surface area contributed by atoms with Gasteiger partial charge >= 0.3 is 0 Å². The number of rotatable bonds is 4. The highest BCUT2D eigenvalue weighted by molar-refractivity contribution is 7.91. The number of hydrogen-bond donors (Lipinski definition) is 1. The summed E-state index contributed by atoms with van der Waals surface area (Å²) in [6.45, 7) is 1.98. The van der Waals surface area contributed by atoms with Gasteiger partial charge in [0.15, 0.2) is 9.84 Å². The second kappa shape index (κ2) is 5.41. The van der Waals surface area contributed by atoms with Gasteiger partial charge in [0.2, 0.25) is 0 Å². The minimum absolute atomic E-state index is 0.0165. The van der Waals surface area contributed by atoms with Crippen LogP contribution in [0.15, 0.2) is 18.2 Å². The van der Waals surface area contributed by atoms with Crippen LogP contribution in [0.3, 0.4) is 0 Å². The Kier molecular flexibility index (Phi) is 4.04. The molecule has 5 heteroatoms. The number of benzene rings is 1. The number of methoxy groups -OCH3 is 1. The van der Waals surface area contributed by atoms with Crippen LogP contribution in [0.2, 0.25) is 0 Å². The standard InChI is InChI=1S/C14H21NO3S/c1-10-9-11(7-8-13(10)18-2)15-12-5-4-6-14(12)19(3,16)17/h7-9,12,14-15H,4-6H2,1-3H3. The van der Waals surface area contributed by atoms with Crippen LogP contribution in [0.1, 0.15) is 24.8 Å². The quantitative estimate of drug-likeness (QED) is 0.922. The molecule has 1 fully saturated rings. The van der Waals surface area contributed by atoms with Crippen molar-refractivity contribution in [3.8, 4) is 5.75 Å². The normalized spacial score (nSPS) is 23.3. The minimum Gasteiger partial charge on any atom is -0.496 e. The Morgan fingerprint density at radius 3 is 2.63 bits per heavy atom. The van der Waals surface area contributed by atoms with Gasteiger partial charge in [-0.2, -0.15) is 0 Å². The van der Waals surface area contributed by atoms with Crippen LogP contribution in [0, 0.1) is 6.92 Å². The monoisotopic (exact) mass is 283 g/mol. The number of hydrogen-bond acceptors (Lipinski definition) is 4. The SMILES string of the molecule is COc1ccc(NC2CCCC2S(C)(=O)=O)cc1C. The summed E-state index contributed by atoms with van der Waals surface area (Å²) in [6.07, 6.45) is 3.95. The molecule has 1 aromatic carbocycles. The summed E-state index contributed by atoms with van der Waals surface area (Å²) in [6, 6.07) is 5.85. The second-order valence-corrected chi connectivity index (χ2v) is 7.50. The Balaban J connectivity index is 2.15. The molecule has 1 aromatic rings. The van der Waals surface area contributed by atoms with Crippen molar-refractivity contribution in [2.24, 2.45) is 0 Å². The molecule has 0 saturated heterocycles. The van der Waals surface area contributed by atoms with Crippen LogP contribution >= 0.6 is 0 Å². The van der Waals surface area contributed by atoms with E-state index in [1.165, 1.54) is 6.26 Å². The zero-order valence-corrected chi connectivity index (χ0v) is 12.5. The molecule has 19 heavy (non-hydrogen) atoms. The highest BCUT2D eigenvalue weighted by Gasteiger charge is 2.34. The fourth-order valence-corrected chi connectivity index (χ4v) is 4.18. The van der Waals surface area contributed by atoms with E-state index >= 15 is 0 Å². The summed E-state index contributed by atoms with van der Waals surface area (Å²) in [4.78, 5) is 0. The maximum absolute atomic E-state index is 11.7. The van der Waals surface area contributed by atoms with Crippen LogP contribution < -0.4 is 10.1 Å². The van der Waals surface area contributed by atoms with Crippen LogP contribution in [-0.4, -0.2) is 33.1 Å². The topological polar surface area (TPSA) is 55.4 Å². The highest BCUT2D eigenvalue weighted by Crippen LogP contribution is 2.29. The molecule has 1 saturated carbocycles. The zero-order chi connectivity index (χ0) is 14.0. The van der Waals surface area contributed by atoms with Crippen molar-refractivity contribution >= 4 is 15.5 Å². The molecule has 1 aliphatic carbocycles. The van der Waals surface area contributed by atoms with Crippen molar-refractivity contribution in [1.82, 2.24) is 0 Å². The number of ether oxygens (including phenoxy) is 1. The van der Waals surface area contributed by atoms with Gasteiger partial charge in [-0.1, -0.05) is 0 Å². The third-order valence-electron chi connectivity index (χ3n) is 3.75. The predicted octanol–water partition coefficient (Wildman–Crippen LogP) is 2.38. The molecule has 0 heterocycles. The van der Waals surface area contributed by atoms with Gasteiger partial charge in [-0.25, -0.2) is 8.42 Å². The summed E-state index contributed by atoms with van der Waals surface area (Å²) < 4.78 is 28.7. The van der Waals surface area contributed by atoms with E-state index in [0.29, 0.717) is 0 Å². The van der Waals surface area contributed by atoms with Crippen LogP contribution in [-0.2, 0) is 9.84 Å². The number of anilines is 1. The molecule has 0 spiro atoms. The lowest BCUT2D eigenvalue weighted by molar-refractivity contribution is 0.412. The van der Waals surface area contributed by atoms with E-state index in [0.717, 1.165) is 36.3 Å². The molecular formula is C14H21NO3S. The fraction of sp³-hybridized carbons (Fsp3) is 0.571. The van der Waals surface area contributed by atoms with Gasteiger partial charge in [0, 0.05) is 18.0 Å². The van der Waals surface area contributed by atoms with Crippen LogP contribution in [0.25, 0.3) is 0 Å². The predicted molar refractivity (Wildman–Crippen MR) is 77.6 cm³/mol. The Hall–Kier alpha value is -1.23. The fourth-order valence-electron chi connectivity index (χ4n) is 2.79. The molecular weight excluding hydrogens is 262 g/mol. The lowest BCUT2D eigenvalue weighted by atomic mass is 10.1. The Bertz CT molecular complexity index is 554. The van der Waals surface area contributed by atoms with Gasteiger partial charge in [0.05, 0.1) is 12.4 Å².